The molecule has 8 nitrogen and oxygen atoms in total. The summed E-state index contributed by atoms with van der Waals surface area (Å²) >= 11 is 0. The van der Waals surface area contributed by atoms with E-state index < -0.39 is 16.6 Å². The fourth-order valence-corrected chi connectivity index (χ4v) is 5.31. The third-order valence-corrected chi connectivity index (χ3v) is 7.39. The second-order valence-electron chi connectivity index (χ2n) is 7.98. The molecule has 0 bridgehead atoms. The lowest BCUT2D eigenvalue weighted by atomic mass is 9.97. The smallest absolute Gasteiger partial charge is 0.387 e. The molecule has 1 aliphatic heterocycles. The summed E-state index contributed by atoms with van der Waals surface area (Å²) in [5, 5.41) is 0. The first-order valence-electron chi connectivity index (χ1n) is 10.9. The molecule has 0 unspecified atom stereocenters. The summed E-state index contributed by atoms with van der Waals surface area (Å²) in [6, 6.07) is 6.37. The summed E-state index contributed by atoms with van der Waals surface area (Å²) in [5.74, 6) is 0.823. The number of benzene rings is 1. The van der Waals surface area contributed by atoms with Gasteiger partial charge in [0.15, 0.2) is 0 Å². The Balaban J connectivity index is 1.23. The molecule has 1 aromatic carbocycles. The van der Waals surface area contributed by atoms with E-state index in [1.165, 1.54) is 6.07 Å². The standard InChI is InChI=1S/C22H27F2N5O3S/c23-21(24)32-19-5-3-18-16-20(6-4-17(18)15-19)33(30,31)27-9-2-10-28-11-13-29(14-12-28)22-25-7-1-8-26-22/h1,3,5,7-8,15-16,21,27H,2,4,6,9-14H2. The number of piperazine rings is 1. The SMILES string of the molecule is O=S(=O)(NCCCN1CCN(c2ncccn2)CC1)C1=Cc2ccc(OC(F)F)cc2CC1. The molecule has 2 aliphatic rings. The fraction of sp³-hybridized carbons (Fsp3) is 0.455. The molecular formula is C22H27F2N5O3S. The highest BCUT2D eigenvalue weighted by molar-refractivity contribution is 7.93. The first-order valence-corrected chi connectivity index (χ1v) is 12.4. The van der Waals surface area contributed by atoms with E-state index in [9.17, 15) is 17.2 Å². The topological polar surface area (TPSA) is 87.7 Å². The molecule has 0 amide bonds. The van der Waals surface area contributed by atoms with E-state index >= 15 is 0 Å². The quantitative estimate of drug-likeness (QED) is 0.553. The van der Waals surface area contributed by atoms with Gasteiger partial charge in [-0.15, -0.1) is 0 Å². The van der Waals surface area contributed by atoms with Gasteiger partial charge in [0.25, 0.3) is 0 Å². The number of ether oxygens (including phenoxy) is 1. The maximum absolute atomic E-state index is 12.7. The van der Waals surface area contributed by atoms with Crippen molar-refractivity contribution in [3.8, 4) is 5.75 Å². The van der Waals surface area contributed by atoms with Crippen LogP contribution in [0.5, 0.6) is 5.75 Å². The Labute approximate surface area is 192 Å². The normalized spacial score (nSPS) is 17.1. The Hall–Kier alpha value is -2.63. The van der Waals surface area contributed by atoms with Crippen molar-refractivity contribution in [3.05, 3.63) is 52.7 Å². The van der Waals surface area contributed by atoms with Crippen molar-refractivity contribution in [2.24, 2.45) is 0 Å². The number of hydrogen-bond acceptors (Lipinski definition) is 7. The molecule has 0 atom stereocenters. The fourth-order valence-electron chi connectivity index (χ4n) is 4.06. The van der Waals surface area contributed by atoms with Gasteiger partial charge in [0, 0.05) is 45.1 Å². The molecule has 1 aromatic heterocycles. The van der Waals surface area contributed by atoms with Crippen LogP contribution in [0.2, 0.25) is 0 Å². The van der Waals surface area contributed by atoms with E-state index in [1.54, 1.807) is 36.7 Å². The van der Waals surface area contributed by atoms with Crippen LogP contribution < -0.4 is 14.4 Å². The Bertz CT molecular complexity index is 1070. The molecule has 0 saturated carbocycles. The van der Waals surface area contributed by atoms with Gasteiger partial charge >= 0.3 is 6.61 Å². The zero-order valence-electron chi connectivity index (χ0n) is 18.2. The average molecular weight is 480 g/mol. The molecule has 0 radical (unpaired) electrons. The highest BCUT2D eigenvalue weighted by Gasteiger charge is 2.23. The van der Waals surface area contributed by atoms with E-state index in [0.717, 1.165) is 44.2 Å². The lowest BCUT2D eigenvalue weighted by molar-refractivity contribution is -0.0498. The number of nitrogens with one attached hydrogen (secondary N) is 1. The summed E-state index contributed by atoms with van der Waals surface area (Å²) < 4.78 is 57.3. The summed E-state index contributed by atoms with van der Waals surface area (Å²) in [6.45, 7) is 1.72. The second kappa shape index (κ2) is 10.5. The molecular weight excluding hydrogens is 452 g/mol. The van der Waals surface area contributed by atoms with Crippen LogP contribution >= 0.6 is 0 Å². The summed E-state index contributed by atoms with van der Waals surface area (Å²) in [5.41, 5.74) is 1.51. The Morgan fingerprint density at radius 3 is 2.58 bits per heavy atom. The van der Waals surface area contributed by atoms with Gasteiger partial charge in [-0.05, 0) is 61.2 Å². The molecule has 178 valence electrons. The van der Waals surface area contributed by atoms with Gasteiger partial charge in [0.1, 0.15) is 5.75 Å². The maximum atomic E-state index is 12.7. The van der Waals surface area contributed by atoms with Gasteiger partial charge < -0.3 is 9.64 Å². The zero-order chi connectivity index (χ0) is 23.3. The number of allylic oxidation sites excluding steroid dienone is 1. The van der Waals surface area contributed by atoms with Gasteiger partial charge in [-0.2, -0.15) is 8.78 Å². The number of hydrogen-bond donors (Lipinski definition) is 1. The molecule has 33 heavy (non-hydrogen) atoms. The largest absolute Gasteiger partial charge is 0.435 e. The van der Waals surface area contributed by atoms with Gasteiger partial charge in [-0.25, -0.2) is 23.1 Å². The lowest BCUT2D eigenvalue weighted by Crippen LogP contribution is -2.47. The van der Waals surface area contributed by atoms with Crippen molar-refractivity contribution in [2.75, 3.05) is 44.2 Å². The molecule has 1 aliphatic carbocycles. The van der Waals surface area contributed by atoms with Crippen LogP contribution in [0.4, 0.5) is 14.7 Å². The third kappa shape index (κ3) is 6.24. The molecule has 1 saturated heterocycles. The van der Waals surface area contributed by atoms with E-state index in [2.05, 4.69) is 29.2 Å². The number of aryl methyl sites for hydroxylation is 1. The molecule has 1 fully saturated rings. The number of rotatable bonds is 9. The molecule has 0 spiro atoms. The van der Waals surface area contributed by atoms with Crippen molar-refractivity contribution in [3.63, 3.8) is 0 Å². The number of sulfonamides is 1. The second-order valence-corrected chi connectivity index (χ2v) is 9.80. The number of alkyl halides is 2. The molecule has 2 aromatic rings. The minimum absolute atomic E-state index is 0.0821. The average Bonchev–Trinajstić information content (AvgIpc) is 2.82. The lowest BCUT2D eigenvalue weighted by Gasteiger charge is -2.34. The predicted octanol–water partition coefficient (Wildman–Crippen LogP) is 2.50. The number of aromatic nitrogens is 2. The summed E-state index contributed by atoms with van der Waals surface area (Å²) in [7, 11) is -3.59. The van der Waals surface area contributed by atoms with Crippen molar-refractivity contribution in [1.29, 1.82) is 0 Å². The number of fused-ring (bicyclic) bond motifs is 1. The minimum atomic E-state index is -3.59. The van der Waals surface area contributed by atoms with E-state index in [4.69, 9.17) is 0 Å². The van der Waals surface area contributed by atoms with Crippen LogP contribution in [-0.4, -0.2) is 69.2 Å². The third-order valence-electron chi connectivity index (χ3n) is 5.79. The van der Waals surface area contributed by atoms with Crippen LogP contribution in [-0.2, 0) is 16.4 Å². The predicted molar refractivity (Wildman–Crippen MR) is 122 cm³/mol. The molecule has 1 N–H and O–H groups in total. The molecule has 4 rings (SSSR count). The number of halogens is 2. The molecule has 11 heteroatoms. The zero-order valence-corrected chi connectivity index (χ0v) is 19.0. The van der Waals surface area contributed by atoms with Crippen LogP contribution in [0.25, 0.3) is 6.08 Å². The highest BCUT2D eigenvalue weighted by atomic mass is 32.2. The van der Waals surface area contributed by atoms with E-state index in [1.807, 2.05) is 0 Å². The van der Waals surface area contributed by atoms with Gasteiger partial charge in [0.2, 0.25) is 16.0 Å². The monoisotopic (exact) mass is 479 g/mol. The number of anilines is 1. The van der Waals surface area contributed by atoms with Crippen LogP contribution in [0.1, 0.15) is 24.0 Å². The van der Waals surface area contributed by atoms with E-state index in [0.29, 0.717) is 36.3 Å². The Morgan fingerprint density at radius 2 is 1.85 bits per heavy atom. The van der Waals surface area contributed by atoms with Crippen LogP contribution in [0.15, 0.2) is 41.6 Å². The van der Waals surface area contributed by atoms with Crippen LogP contribution in [0.3, 0.4) is 0 Å². The minimum Gasteiger partial charge on any atom is -0.435 e. The van der Waals surface area contributed by atoms with Crippen molar-refractivity contribution in [1.82, 2.24) is 19.6 Å². The van der Waals surface area contributed by atoms with Gasteiger partial charge in [0.05, 0.1) is 4.91 Å². The summed E-state index contributed by atoms with van der Waals surface area (Å²) in [6.07, 6.45) is 6.57. The first kappa shape index (κ1) is 23.5. The Morgan fingerprint density at radius 1 is 1.09 bits per heavy atom. The summed E-state index contributed by atoms with van der Waals surface area (Å²) in [4.78, 5) is 13.3. The first-order chi connectivity index (χ1) is 15.9. The van der Waals surface area contributed by atoms with Crippen molar-refractivity contribution >= 4 is 22.0 Å². The van der Waals surface area contributed by atoms with E-state index in [-0.39, 0.29) is 5.75 Å². The van der Waals surface area contributed by atoms with Crippen molar-refractivity contribution in [2.45, 2.75) is 25.9 Å². The Kier molecular flexibility index (Phi) is 7.51. The van der Waals surface area contributed by atoms with Crippen LogP contribution in [0, 0.1) is 0 Å². The number of nitrogens with zero attached hydrogens (tertiary/aromatic N) is 4. The van der Waals surface area contributed by atoms with Gasteiger partial charge in [-0.3, -0.25) is 4.90 Å². The van der Waals surface area contributed by atoms with Gasteiger partial charge in [-0.1, -0.05) is 6.07 Å². The molecule has 2 heterocycles. The highest BCUT2D eigenvalue weighted by Crippen LogP contribution is 2.30. The maximum Gasteiger partial charge on any atom is 0.387 e. The van der Waals surface area contributed by atoms with Crippen molar-refractivity contribution < 1.29 is 21.9 Å².